The maximum Gasteiger partial charge on any atom is 0.328 e. The molecule has 14 heteroatoms. The first-order valence-electron chi connectivity index (χ1n) is 18.7. The van der Waals surface area contributed by atoms with Crippen molar-refractivity contribution in [1.82, 2.24) is 25.3 Å². The summed E-state index contributed by atoms with van der Waals surface area (Å²) in [5.74, 6) is -2.95. The number of carbonyl (C=O) groups excluding carboxylic acids is 5. The van der Waals surface area contributed by atoms with Gasteiger partial charge in [0.2, 0.25) is 23.6 Å². The second-order valence-corrected chi connectivity index (χ2v) is 14.8. The van der Waals surface area contributed by atoms with E-state index >= 15 is 0 Å². The molecule has 1 fully saturated rings. The molecule has 2 rings (SSSR count). The summed E-state index contributed by atoms with van der Waals surface area (Å²) in [6.07, 6.45) is 0.929. The molecule has 1 saturated heterocycles. The number of amides is 4. The van der Waals surface area contributed by atoms with Crippen LogP contribution < -0.4 is 10.6 Å². The lowest BCUT2D eigenvalue weighted by molar-refractivity contribution is -0.149. The van der Waals surface area contributed by atoms with Crippen molar-refractivity contribution in [1.29, 1.82) is 0 Å². The lowest BCUT2D eigenvalue weighted by atomic mass is 9.89. The first kappa shape index (κ1) is 45.6. The number of benzene rings is 1. The predicted molar refractivity (Wildman–Crippen MR) is 202 cm³/mol. The fourth-order valence-corrected chi connectivity index (χ4v) is 7.26. The van der Waals surface area contributed by atoms with E-state index in [0.29, 0.717) is 25.8 Å². The monoisotopic (exact) mass is 747 g/mol. The molecule has 0 saturated carbocycles. The van der Waals surface area contributed by atoms with Gasteiger partial charge in [0.15, 0.2) is 0 Å². The van der Waals surface area contributed by atoms with Crippen molar-refractivity contribution >= 4 is 29.6 Å². The number of hydrogen-bond donors (Lipinski definition) is 3. The molecule has 0 aromatic heterocycles. The van der Waals surface area contributed by atoms with Crippen LogP contribution in [0.15, 0.2) is 30.3 Å². The van der Waals surface area contributed by atoms with Crippen LogP contribution in [0.2, 0.25) is 0 Å². The van der Waals surface area contributed by atoms with E-state index in [1.165, 1.54) is 21.3 Å². The Hall–Kier alpha value is -3.59. The predicted octanol–water partition coefficient (Wildman–Crippen LogP) is 1.87. The number of nitrogens with zero attached hydrogens (tertiary/aromatic N) is 3. The Bertz CT molecular complexity index is 1330. The minimum absolute atomic E-state index is 0.0238. The van der Waals surface area contributed by atoms with Crippen molar-refractivity contribution in [2.75, 3.05) is 55.6 Å². The standard InChI is InChI=1S/C39H65N5O9/c1-12-25(4)34(43(8)38(49)33(24(2)3)41-37(48)30(23-45)42(6)7)31(51-9)22-32(46)44-20-16-19-29(44)35(52-10)26(5)36(47)40-28(39(50)53-11)21-27-17-14-13-15-18-27/h13-15,17-18,24-26,28-31,33-35,45H,12,16,19-23H2,1-11H3,(H,40,47)(H,41,48)/t25-,26+,28?,29-,30-,31+,33-,34-,35+/m0/s1. The number of hydrogen-bond acceptors (Lipinski definition) is 10. The molecule has 3 N–H and O–H groups in total. The number of likely N-dealkylation sites (tertiary alicyclic amines) is 1. The van der Waals surface area contributed by atoms with Gasteiger partial charge in [0.05, 0.1) is 50.3 Å². The van der Waals surface area contributed by atoms with Crippen LogP contribution in [-0.4, -0.2) is 147 Å². The average Bonchev–Trinajstić information content (AvgIpc) is 3.62. The molecule has 4 amide bonds. The van der Waals surface area contributed by atoms with Crippen LogP contribution in [0.3, 0.4) is 0 Å². The lowest BCUT2D eigenvalue weighted by Crippen LogP contribution is -2.59. The van der Waals surface area contributed by atoms with Gasteiger partial charge in [-0.25, -0.2) is 4.79 Å². The molecule has 1 unspecified atom stereocenters. The highest BCUT2D eigenvalue weighted by Crippen LogP contribution is 2.30. The number of likely N-dealkylation sites (N-methyl/N-ethyl adjacent to an activating group) is 2. The van der Waals surface area contributed by atoms with Gasteiger partial charge in [0, 0.05) is 34.2 Å². The molecule has 1 aromatic carbocycles. The largest absolute Gasteiger partial charge is 0.467 e. The Kier molecular flexibility index (Phi) is 18.9. The summed E-state index contributed by atoms with van der Waals surface area (Å²) in [5, 5.41) is 15.5. The van der Waals surface area contributed by atoms with E-state index in [4.69, 9.17) is 14.2 Å². The van der Waals surface area contributed by atoms with Crippen LogP contribution >= 0.6 is 0 Å². The van der Waals surface area contributed by atoms with Crippen molar-refractivity contribution in [2.24, 2.45) is 17.8 Å². The van der Waals surface area contributed by atoms with Crippen LogP contribution in [0.4, 0.5) is 0 Å². The van der Waals surface area contributed by atoms with Crippen molar-refractivity contribution in [3.63, 3.8) is 0 Å². The summed E-state index contributed by atoms with van der Waals surface area (Å²) in [6.45, 7) is 9.49. The summed E-state index contributed by atoms with van der Waals surface area (Å²) in [4.78, 5) is 72.5. The van der Waals surface area contributed by atoms with Crippen LogP contribution in [-0.2, 0) is 44.6 Å². The number of aliphatic hydroxyl groups is 1. The second kappa shape index (κ2) is 21.9. The van der Waals surface area contributed by atoms with E-state index in [9.17, 15) is 29.1 Å². The third kappa shape index (κ3) is 12.2. The van der Waals surface area contributed by atoms with Crippen LogP contribution in [0.1, 0.15) is 65.9 Å². The number of esters is 1. The Morgan fingerprint density at radius 1 is 0.943 bits per heavy atom. The first-order valence-corrected chi connectivity index (χ1v) is 18.7. The van der Waals surface area contributed by atoms with Gasteiger partial charge >= 0.3 is 5.97 Å². The molecule has 14 nitrogen and oxygen atoms in total. The topological polar surface area (TPSA) is 167 Å². The van der Waals surface area contributed by atoms with Crippen LogP contribution in [0, 0.1) is 17.8 Å². The molecule has 0 bridgehead atoms. The zero-order chi connectivity index (χ0) is 40.0. The maximum atomic E-state index is 14.2. The first-order chi connectivity index (χ1) is 25.1. The van der Waals surface area contributed by atoms with E-state index in [0.717, 1.165) is 5.56 Å². The molecule has 9 atom stereocenters. The van der Waals surface area contributed by atoms with E-state index in [1.54, 1.807) is 42.8 Å². The Morgan fingerprint density at radius 3 is 2.09 bits per heavy atom. The van der Waals surface area contributed by atoms with Gasteiger partial charge in [-0.15, -0.1) is 0 Å². The highest BCUT2D eigenvalue weighted by Gasteiger charge is 2.43. The van der Waals surface area contributed by atoms with Gasteiger partial charge in [0.25, 0.3) is 0 Å². The fourth-order valence-electron chi connectivity index (χ4n) is 7.26. The summed E-state index contributed by atoms with van der Waals surface area (Å²) in [5.41, 5.74) is 0.867. The molecule has 300 valence electrons. The fraction of sp³-hybridized carbons (Fsp3) is 0.718. The highest BCUT2D eigenvalue weighted by atomic mass is 16.5. The molecule has 1 aliphatic heterocycles. The third-order valence-electron chi connectivity index (χ3n) is 10.7. The molecule has 0 radical (unpaired) electrons. The minimum Gasteiger partial charge on any atom is -0.467 e. The van der Waals surface area contributed by atoms with Gasteiger partial charge in [-0.05, 0) is 44.3 Å². The zero-order valence-corrected chi connectivity index (χ0v) is 33.7. The Morgan fingerprint density at radius 2 is 1.58 bits per heavy atom. The van der Waals surface area contributed by atoms with Crippen molar-refractivity contribution < 1.29 is 43.3 Å². The normalized spacial score (nSPS) is 19.1. The molecule has 1 aromatic rings. The number of methoxy groups -OCH3 is 3. The lowest BCUT2D eigenvalue weighted by Gasteiger charge is -2.41. The number of ether oxygens (including phenoxy) is 3. The van der Waals surface area contributed by atoms with Crippen molar-refractivity contribution in [3.05, 3.63) is 35.9 Å². The van der Waals surface area contributed by atoms with Crippen LogP contribution in [0.5, 0.6) is 0 Å². The summed E-state index contributed by atoms with van der Waals surface area (Å²) >= 11 is 0. The Labute approximate surface area is 316 Å². The number of nitrogens with one attached hydrogen (secondary N) is 2. The molecule has 0 aliphatic carbocycles. The number of aliphatic hydroxyl groups excluding tert-OH is 1. The summed E-state index contributed by atoms with van der Waals surface area (Å²) in [6, 6.07) is 5.84. The number of carbonyl (C=O) groups is 5. The van der Waals surface area contributed by atoms with Gasteiger partial charge in [-0.3, -0.25) is 24.1 Å². The highest BCUT2D eigenvalue weighted by molar-refractivity contribution is 5.90. The van der Waals surface area contributed by atoms with Crippen LogP contribution in [0.25, 0.3) is 0 Å². The van der Waals surface area contributed by atoms with E-state index in [2.05, 4.69) is 10.6 Å². The SMILES string of the molecule is CC[C@H](C)[C@@H]([C@@H](CC(=O)N1CCC[C@H]1[C@H](OC)[C@@H](C)C(=O)NC(Cc1ccccc1)C(=O)OC)OC)N(C)C(=O)[C@@H](NC(=O)[C@H](CO)N(C)C)C(C)C. The average molecular weight is 748 g/mol. The van der Waals surface area contributed by atoms with Gasteiger partial charge in [-0.1, -0.05) is 71.4 Å². The maximum absolute atomic E-state index is 14.2. The second-order valence-electron chi connectivity index (χ2n) is 14.8. The molecular formula is C39H65N5O9. The molecular weight excluding hydrogens is 682 g/mol. The summed E-state index contributed by atoms with van der Waals surface area (Å²) in [7, 11) is 9.35. The molecule has 1 heterocycles. The van der Waals surface area contributed by atoms with Crippen molar-refractivity contribution in [3.8, 4) is 0 Å². The quantitative estimate of drug-likeness (QED) is 0.158. The third-order valence-corrected chi connectivity index (χ3v) is 10.7. The molecule has 1 aliphatic rings. The smallest absolute Gasteiger partial charge is 0.328 e. The number of rotatable bonds is 21. The van der Waals surface area contributed by atoms with E-state index in [1.807, 2.05) is 58.0 Å². The van der Waals surface area contributed by atoms with E-state index < -0.39 is 72.7 Å². The minimum atomic E-state index is -0.900. The zero-order valence-electron chi connectivity index (χ0n) is 33.7. The molecule has 53 heavy (non-hydrogen) atoms. The van der Waals surface area contributed by atoms with Gasteiger partial charge < -0.3 is 39.8 Å². The van der Waals surface area contributed by atoms with E-state index in [-0.39, 0.29) is 36.5 Å². The molecule has 0 spiro atoms. The van der Waals surface area contributed by atoms with Gasteiger partial charge in [0.1, 0.15) is 18.1 Å². The Balaban J connectivity index is 2.27. The summed E-state index contributed by atoms with van der Waals surface area (Å²) < 4.78 is 16.9. The van der Waals surface area contributed by atoms with Crippen molar-refractivity contribution in [2.45, 2.75) is 109 Å². The van der Waals surface area contributed by atoms with Gasteiger partial charge in [-0.2, -0.15) is 0 Å².